The molecule has 0 heterocycles. The number of carbonyl (C=O) groups is 2. The fourth-order valence-corrected chi connectivity index (χ4v) is 7.34. The Balaban J connectivity index is 1.33. The third-order valence-electron chi connectivity index (χ3n) is 7.31. The second-order valence-electron chi connectivity index (χ2n) is 9.58. The predicted molar refractivity (Wildman–Crippen MR) is 114 cm³/mol. The van der Waals surface area contributed by atoms with Gasteiger partial charge in [0.1, 0.15) is 0 Å². The van der Waals surface area contributed by atoms with Crippen LogP contribution in [0.2, 0.25) is 0 Å². The lowest BCUT2D eigenvalue weighted by Crippen LogP contribution is -2.61. The summed E-state index contributed by atoms with van der Waals surface area (Å²) in [7, 11) is 0. The number of hydrogen-bond acceptors (Lipinski definition) is 3. The Hall–Kier alpha value is -1.49. The van der Waals surface area contributed by atoms with Crippen molar-refractivity contribution in [3.63, 3.8) is 0 Å². The minimum atomic E-state index is -0.304. The molecule has 2 N–H and O–H groups in total. The van der Waals surface area contributed by atoms with E-state index < -0.39 is 0 Å². The lowest BCUT2D eigenvalue weighted by molar-refractivity contribution is -0.117. The van der Waals surface area contributed by atoms with Gasteiger partial charge in [0.25, 0.3) is 0 Å². The zero-order valence-corrected chi connectivity index (χ0v) is 18.3. The topological polar surface area (TPSA) is 58.2 Å². The van der Waals surface area contributed by atoms with Crippen molar-refractivity contribution in [2.75, 3.05) is 5.75 Å². The van der Waals surface area contributed by atoms with Crippen LogP contribution in [0, 0.1) is 45.4 Å². The van der Waals surface area contributed by atoms with Crippen molar-refractivity contribution < 1.29 is 9.59 Å². The number of hydrogen-bond donors (Lipinski definition) is 2. The first-order valence-corrected chi connectivity index (χ1v) is 11.6. The van der Waals surface area contributed by atoms with Crippen molar-refractivity contribution in [3.8, 4) is 0 Å². The van der Waals surface area contributed by atoms with Gasteiger partial charge in [-0.05, 0) is 106 Å². The molecule has 0 aliphatic heterocycles. The number of nitrogens with one attached hydrogen (secondary N) is 2. The van der Waals surface area contributed by atoms with E-state index in [2.05, 4.69) is 44.4 Å². The molecule has 4 aliphatic rings. The van der Waals surface area contributed by atoms with E-state index in [1.54, 1.807) is 0 Å². The molecule has 1 aromatic carbocycles. The molecular formula is C23H32N2O2S. The molecule has 3 amide bonds. The molecule has 0 aromatic heterocycles. The summed E-state index contributed by atoms with van der Waals surface area (Å²) < 4.78 is 0. The number of rotatable bonds is 4. The van der Waals surface area contributed by atoms with Crippen LogP contribution in [0.15, 0.2) is 11.0 Å². The van der Waals surface area contributed by atoms with Gasteiger partial charge in [0.2, 0.25) is 5.91 Å². The summed E-state index contributed by atoms with van der Waals surface area (Å²) in [6, 6.07) is 1.88. The van der Waals surface area contributed by atoms with E-state index in [4.69, 9.17) is 0 Å². The summed E-state index contributed by atoms with van der Waals surface area (Å²) in [6.45, 7) is 8.40. The molecular weight excluding hydrogens is 368 g/mol. The normalized spacial score (nSPS) is 30.4. The SMILES string of the molecule is Cc1cc(C)c(C)c(SCC(=O)NC(=O)NC23CC4CC(CC(C4)C2)C3)c1C. The molecule has 0 spiro atoms. The van der Waals surface area contributed by atoms with Gasteiger partial charge in [-0.1, -0.05) is 6.07 Å². The van der Waals surface area contributed by atoms with E-state index in [9.17, 15) is 9.59 Å². The third kappa shape index (κ3) is 3.83. The molecule has 4 bridgehead atoms. The summed E-state index contributed by atoms with van der Waals surface area (Å²) in [4.78, 5) is 26.1. The fraction of sp³-hybridized carbons (Fsp3) is 0.652. The highest BCUT2D eigenvalue weighted by molar-refractivity contribution is 8.00. The van der Waals surface area contributed by atoms with Gasteiger partial charge < -0.3 is 5.32 Å². The molecule has 4 saturated carbocycles. The maximum atomic E-state index is 12.5. The van der Waals surface area contributed by atoms with Crippen LogP contribution in [-0.2, 0) is 4.79 Å². The van der Waals surface area contributed by atoms with Crippen molar-refractivity contribution in [2.45, 2.75) is 76.7 Å². The van der Waals surface area contributed by atoms with Gasteiger partial charge in [0.15, 0.2) is 0 Å². The molecule has 4 aliphatic carbocycles. The minimum Gasteiger partial charge on any atom is -0.332 e. The first kappa shape index (κ1) is 19.8. The van der Waals surface area contributed by atoms with Gasteiger partial charge >= 0.3 is 6.03 Å². The second kappa shape index (κ2) is 7.40. The third-order valence-corrected chi connectivity index (χ3v) is 8.62. The molecule has 4 nitrogen and oxygen atoms in total. The Kier molecular flexibility index (Phi) is 5.24. The molecule has 1 aromatic rings. The Morgan fingerprint density at radius 3 is 1.96 bits per heavy atom. The number of imide groups is 1. The first-order valence-electron chi connectivity index (χ1n) is 10.6. The Bertz CT molecular complexity index is 756. The Morgan fingerprint density at radius 1 is 0.964 bits per heavy atom. The van der Waals surface area contributed by atoms with E-state index in [-0.39, 0.29) is 23.2 Å². The number of thioether (sulfide) groups is 1. The average molecular weight is 401 g/mol. The zero-order valence-electron chi connectivity index (χ0n) is 17.5. The van der Waals surface area contributed by atoms with Gasteiger partial charge in [-0.3, -0.25) is 10.1 Å². The van der Waals surface area contributed by atoms with Gasteiger partial charge in [-0.15, -0.1) is 11.8 Å². The summed E-state index contributed by atoms with van der Waals surface area (Å²) >= 11 is 1.53. The molecule has 5 rings (SSSR count). The molecule has 152 valence electrons. The molecule has 0 saturated heterocycles. The van der Waals surface area contributed by atoms with E-state index in [0.717, 1.165) is 41.9 Å². The number of carbonyl (C=O) groups excluding carboxylic acids is 2. The first-order chi connectivity index (χ1) is 13.2. The molecule has 0 unspecified atom stereocenters. The smallest absolute Gasteiger partial charge is 0.321 e. The van der Waals surface area contributed by atoms with Gasteiger partial charge in [-0.2, -0.15) is 0 Å². The molecule has 0 radical (unpaired) electrons. The second-order valence-corrected chi connectivity index (χ2v) is 10.6. The van der Waals surface area contributed by atoms with Crippen LogP contribution in [0.5, 0.6) is 0 Å². The summed E-state index contributed by atoms with van der Waals surface area (Å²) in [6.07, 6.45) is 7.30. The summed E-state index contributed by atoms with van der Waals surface area (Å²) in [5.74, 6) is 2.36. The number of amides is 3. The van der Waals surface area contributed by atoms with Crippen LogP contribution in [0.4, 0.5) is 4.79 Å². The van der Waals surface area contributed by atoms with Crippen molar-refractivity contribution in [1.29, 1.82) is 0 Å². The lowest BCUT2D eigenvalue weighted by Gasteiger charge is -2.56. The monoisotopic (exact) mass is 400 g/mol. The van der Waals surface area contributed by atoms with Gasteiger partial charge in [0.05, 0.1) is 5.75 Å². The Labute approximate surface area is 172 Å². The Morgan fingerprint density at radius 2 is 1.46 bits per heavy atom. The van der Waals surface area contributed by atoms with Crippen LogP contribution >= 0.6 is 11.8 Å². The minimum absolute atomic E-state index is 0.0624. The standard InChI is InChI=1S/C23H32N2O2S/c1-13-5-14(2)16(4)21(15(13)3)28-12-20(26)24-22(27)25-23-9-17-6-18(10-23)8-19(7-17)11-23/h5,17-19H,6-12H2,1-4H3,(H2,24,25,26,27). The molecule has 5 heteroatoms. The predicted octanol–water partition coefficient (Wildman–Crippen LogP) is 4.81. The average Bonchev–Trinajstić information content (AvgIpc) is 2.58. The highest BCUT2D eigenvalue weighted by Crippen LogP contribution is 2.55. The molecule has 28 heavy (non-hydrogen) atoms. The van der Waals surface area contributed by atoms with Crippen molar-refractivity contribution in [1.82, 2.24) is 10.6 Å². The molecule has 0 atom stereocenters. The quantitative estimate of drug-likeness (QED) is 0.713. The zero-order chi connectivity index (χ0) is 20.1. The van der Waals surface area contributed by atoms with Crippen LogP contribution < -0.4 is 10.6 Å². The summed E-state index contributed by atoms with van der Waals surface area (Å²) in [5.41, 5.74) is 4.86. The van der Waals surface area contributed by atoms with Crippen LogP contribution in [0.25, 0.3) is 0 Å². The highest BCUT2D eigenvalue weighted by Gasteiger charge is 2.51. The highest BCUT2D eigenvalue weighted by atomic mass is 32.2. The summed E-state index contributed by atoms with van der Waals surface area (Å²) in [5, 5.41) is 5.80. The number of aryl methyl sites for hydroxylation is 2. The maximum absolute atomic E-state index is 12.5. The number of urea groups is 1. The van der Waals surface area contributed by atoms with Gasteiger partial charge in [0, 0.05) is 10.4 Å². The lowest BCUT2D eigenvalue weighted by atomic mass is 9.53. The van der Waals surface area contributed by atoms with E-state index in [0.29, 0.717) is 0 Å². The van der Waals surface area contributed by atoms with Crippen molar-refractivity contribution in [2.24, 2.45) is 17.8 Å². The van der Waals surface area contributed by atoms with Crippen LogP contribution in [0.1, 0.15) is 60.8 Å². The van der Waals surface area contributed by atoms with Crippen molar-refractivity contribution >= 4 is 23.7 Å². The fourth-order valence-electron chi connectivity index (χ4n) is 6.23. The van der Waals surface area contributed by atoms with Crippen molar-refractivity contribution in [3.05, 3.63) is 28.3 Å². The maximum Gasteiger partial charge on any atom is 0.321 e. The number of benzene rings is 1. The van der Waals surface area contributed by atoms with Crippen LogP contribution in [-0.4, -0.2) is 23.2 Å². The van der Waals surface area contributed by atoms with E-state index >= 15 is 0 Å². The van der Waals surface area contributed by atoms with E-state index in [1.165, 1.54) is 53.3 Å². The largest absolute Gasteiger partial charge is 0.332 e. The van der Waals surface area contributed by atoms with E-state index in [1.807, 2.05) is 0 Å². The van der Waals surface area contributed by atoms with Gasteiger partial charge in [-0.25, -0.2) is 4.79 Å². The molecule has 4 fully saturated rings. The van der Waals surface area contributed by atoms with Crippen LogP contribution in [0.3, 0.4) is 0 Å².